The standard InChI is InChI=1S/C15H15FN2O2S/c16-11-3-1-2-10(14(11)17)7-18-5-4-9-6-12(15(19)20)21-13(9)8-18/h1-3,6H,4-5,7-8,17H2,(H,19,20). The number of rotatable bonds is 3. The van der Waals surface area contributed by atoms with Crippen molar-refractivity contribution >= 4 is 23.0 Å². The van der Waals surface area contributed by atoms with Gasteiger partial charge in [0.05, 0.1) is 5.69 Å². The summed E-state index contributed by atoms with van der Waals surface area (Å²) in [6.07, 6.45) is 0.814. The van der Waals surface area contributed by atoms with Gasteiger partial charge in [0.15, 0.2) is 0 Å². The quantitative estimate of drug-likeness (QED) is 0.856. The molecule has 0 fully saturated rings. The molecular weight excluding hydrogens is 291 g/mol. The minimum atomic E-state index is -0.879. The number of nitrogens with zero attached hydrogens (tertiary/aromatic N) is 1. The average molecular weight is 306 g/mol. The zero-order valence-electron chi connectivity index (χ0n) is 11.3. The third-order valence-electron chi connectivity index (χ3n) is 3.71. The highest BCUT2D eigenvalue weighted by Crippen LogP contribution is 2.29. The Morgan fingerprint density at radius 2 is 2.29 bits per heavy atom. The number of anilines is 1. The van der Waals surface area contributed by atoms with Crippen molar-refractivity contribution in [3.8, 4) is 0 Å². The van der Waals surface area contributed by atoms with Gasteiger partial charge >= 0.3 is 5.97 Å². The second-order valence-electron chi connectivity index (χ2n) is 5.14. The lowest BCUT2D eigenvalue weighted by Gasteiger charge is -2.27. The van der Waals surface area contributed by atoms with Crippen LogP contribution in [-0.4, -0.2) is 22.5 Å². The molecule has 2 aromatic rings. The summed E-state index contributed by atoms with van der Waals surface area (Å²) in [6.45, 7) is 2.07. The number of carbonyl (C=O) groups is 1. The first-order valence-electron chi connectivity index (χ1n) is 6.64. The molecule has 6 heteroatoms. The van der Waals surface area contributed by atoms with Gasteiger partial charge in [-0.25, -0.2) is 9.18 Å². The van der Waals surface area contributed by atoms with Gasteiger partial charge in [-0.3, -0.25) is 4.90 Å². The Bertz CT molecular complexity index is 699. The summed E-state index contributed by atoms with van der Waals surface area (Å²) >= 11 is 1.32. The van der Waals surface area contributed by atoms with Crippen molar-refractivity contribution in [2.75, 3.05) is 12.3 Å². The summed E-state index contributed by atoms with van der Waals surface area (Å²) in [5.74, 6) is -1.27. The van der Waals surface area contributed by atoms with Crippen LogP contribution >= 0.6 is 11.3 Å². The van der Waals surface area contributed by atoms with Crippen molar-refractivity contribution in [2.45, 2.75) is 19.5 Å². The normalized spacial score (nSPS) is 14.9. The third-order valence-corrected chi connectivity index (χ3v) is 4.86. The van der Waals surface area contributed by atoms with E-state index in [1.54, 1.807) is 12.1 Å². The van der Waals surface area contributed by atoms with Crippen molar-refractivity contribution in [1.29, 1.82) is 0 Å². The first-order chi connectivity index (χ1) is 10.0. The summed E-state index contributed by atoms with van der Waals surface area (Å²) in [7, 11) is 0. The number of aromatic carboxylic acids is 1. The van der Waals surface area contributed by atoms with Crippen LogP contribution in [0.4, 0.5) is 10.1 Å². The fourth-order valence-electron chi connectivity index (χ4n) is 2.57. The van der Waals surface area contributed by atoms with E-state index in [9.17, 15) is 9.18 Å². The highest BCUT2D eigenvalue weighted by molar-refractivity contribution is 7.14. The van der Waals surface area contributed by atoms with E-state index in [4.69, 9.17) is 10.8 Å². The zero-order valence-corrected chi connectivity index (χ0v) is 12.1. The first kappa shape index (κ1) is 14.0. The largest absolute Gasteiger partial charge is 0.477 e. The number of nitrogen functional groups attached to an aromatic ring is 1. The molecule has 21 heavy (non-hydrogen) atoms. The van der Waals surface area contributed by atoms with Crippen LogP contribution in [0.1, 0.15) is 25.7 Å². The lowest BCUT2D eigenvalue weighted by Crippen LogP contribution is -2.29. The number of benzene rings is 1. The number of thiophene rings is 1. The molecule has 110 valence electrons. The number of para-hydroxylation sites is 1. The molecule has 1 aliphatic heterocycles. The third kappa shape index (κ3) is 2.77. The number of halogens is 1. The SMILES string of the molecule is Nc1c(F)cccc1CN1CCc2cc(C(=O)O)sc2C1. The molecule has 0 radical (unpaired) electrons. The van der Waals surface area contributed by atoms with E-state index in [1.165, 1.54) is 17.4 Å². The fourth-order valence-corrected chi connectivity index (χ4v) is 3.67. The molecule has 1 aromatic carbocycles. The van der Waals surface area contributed by atoms with Crippen LogP contribution in [0, 0.1) is 5.82 Å². The molecule has 0 amide bonds. The molecule has 3 rings (SSSR count). The maximum absolute atomic E-state index is 13.5. The fraction of sp³-hybridized carbons (Fsp3) is 0.267. The number of hydrogen-bond donors (Lipinski definition) is 2. The Hall–Kier alpha value is -1.92. The van der Waals surface area contributed by atoms with Crippen LogP contribution in [0.25, 0.3) is 0 Å². The van der Waals surface area contributed by atoms with E-state index < -0.39 is 11.8 Å². The smallest absolute Gasteiger partial charge is 0.345 e. The van der Waals surface area contributed by atoms with Crippen molar-refractivity contribution < 1.29 is 14.3 Å². The zero-order chi connectivity index (χ0) is 15.0. The van der Waals surface area contributed by atoms with Gasteiger partial charge in [-0.1, -0.05) is 12.1 Å². The maximum Gasteiger partial charge on any atom is 0.345 e. The van der Waals surface area contributed by atoms with Crippen molar-refractivity contribution in [2.24, 2.45) is 0 Å². The predicted octanol–water partition coefficient (Wildman–Crippen LogP) is 2.73. The van der Waals surface area contributed by atoms with Gasteiger partial charge in [0.25, 0.3) is 0 Å². The second-order valence-corrected chi connectivity index (χ2v) is 6.27. The molecule has 1 aromatic heterocycles. The number of carboxylic acids is 1. The molecule has 2 heterocycles. The van der Waals surface area contributed by atoms with E-state index in [0.29, 0.717) is 18.0 Å². The van der Waals surface area contributed by atoms with E-state index in [2.05, 4.69) is 4.90 Å². The van der Waals surface area contributed by atoms with E-state index in [0.717, 1.165) is 29.0 Å². The van der Waals surface area contributed by atoms with E-state index in [1.807, 2.05) is 6.07 Å². The monoisotopic (exact) mass is 306 g/mol. The molecule has 0 aliphatic carbocycles. The van der Waals surface area contributed by atoms with Crippen LogP contribution < -0.4 is 5.73 Å². The molecule has 0 atom stereocenters. The molecule has 3 N–H and O–H groups in total. The van der Waals surface area contributed by atoms with E-state index >= 15 is 0 Å². The highest BCUT2D eigenvalue weighted by atomic mass is 32.1. The van der Waals surface area contributed by atoms with Crippen LogP contribution in [0.15, 0.2) is 24.3 Å². The maximum atomic E-state index is 13.5. The lowest BCUT2D eigenvalue weighted by molar-refractivity contribution is 0.0702. The minimum absolute atomic E-state index is 0.195. The Kier molecular flexibility index (Phi) is 3.65. The molecule has 0 bridgehead atoms. The molecule has 0 saturated heterocycles. The van der Waals surface area contributed by atoms with Gasteiger partial charge in [-0.05, 0) is 29.7 Å². The number of fused-ring (bicyclic) bond motifs is 1. The Morgan fingerprint density at radius 3 is 3.05 bits per heavy atom. The molecule has 1 aliphatic rings. The van der Waals surface area contributed by atoms with Gasteiger partial charge < -0.3 is 10.8 Å². The summed E-state index contributed by atoms with van der Waals surface area (Å²) in [4.78, 5) is 14.6. The van der Waals surface area contributed by atoms with Gasteiger partial charge in [-0.2, -0.15) is 0 Å². The lowest BCUT2D eigenvalue weighted by atomic mass is 10.1. The summed E-state index contributed by atoms with van der Waals surface area (Å²) in [5.41, 5.74) is 7.84. The van der Waals surface area contributed by atoms with E-state index in [-0.39, 0.29) is 5.69 Å². The first-order valence-corrected chi connectivity index (χ1v) is 7.46. The van der Waals surface area contributed by atoms with Crippen LogP contribution in [0.5, 0.6) is 0 Å². The molecule has 4 nitrogen and oxygen atoms in total. The van der Waals surface area contributed by atoms with Crippen molar-refractivity contribution in [3.05, 3.63) is 51.0 Å². The Balaban J connectivity index is 1.77. The molecular formula is C15H15FN2O2S. The molecule has 0 unspecified atom stereocenters. The Morgan fingerprint density at radius 1 is 1.48 bits per heavy atom. The highest BCUT2D eigenvalue weighted by Gasteiger charge is 2.22. The van der Waals surface area contributed by atoms with Gasteiger partial charge in [-0.15, -0.1) is 11.3 Å². The topological polar surface area (TPSA) is 66.6 Å². The molecule has 0 saturated carbocycles. The number of carboxylic acid groups (broad SMARTS) is 1. The average Bonchev–Trinajstić information content (AvgIpc) is 2.87. The predicted molar refractivity (Wildman–Crippen MR) is 79.9 cm³/mol. The van der Waals surface area contributed by atoms with Gasteiger partial charge in [0, 0.05) is 24.5 Å². The second kappa shape index (κ2) is 5.46. The number of hydrogen-bond acceptors (Lipinski definition) is 4. The van der Waals surface area contributed by atoms with Crippen LogP contribution in [-0.2, 0) is 19.5 Å². The summed E-state index contributed by atoms with van der Waals surface area (Å²) in [5, 5.41) is 9.04. The summed E-state index contributed by atoms with van der Waals surface area (Å²) < 4.78 is 13.5. The van der Waals surface area contributed by atoms with Crippen LogP contribution in [0.3, 0.4) is 0 Å². The van der Waals surface area contributed by atoms with Crippen LogP contribution in [0.2, 0.25) is 0 Å². The Labute approximate surface area is 125 Å². The van der Waals surface area contributed by atoms with Crippen molar-refractivity contribution in [3.63, 3.8) is 0 Å². The minimum Gasteiger partial charge on any atom is -0.477 e. The van der Waals surface area contributed by atoms with Gasteiger partial charge in [0.2, 0.25) is 0 Å². The summed E-state index contributed by atoms with van der Waals surface area (Å²) in [6, 6.07) is 6.59. The van der Waals surface area contributed by atoms with Gasteiger partial charge in [0.1, 0.15) is 10.7 Å². The number of nitrogens with two attached hydrogens (primary N) is 1. The molecule has 0 spiro atoms. The van der Waals surface area contributed by atoms with Crippen molar-refractivity contribution in [1.82, 2.24) is 4.90 Å².